The van der Waals surface area contributed by atoms with Crippen LogP contribution in [0, 0.1) is 13.8 Å². The van der Waals surface area contributed by atoms with Gasteiger partial charge in [-0.05, 0) is 20.3 Å². The highest BCUT2D eigenvalue weighted by atomic mass is 16.5. The first kappa shape index (κ1) is 12.5. The molecular weight excluding hydrogens is 232 g/mol. The molecule has 0 amide bonds. The Hall–Kier alpha value is -1.98. The van der Waals surface area contributed by atoms with Crippen molar-refractivity contribution in [3.05, 3.63) is 28.7 Å². The fraction of sp³-hybridized carbons (Fsp3) is 0.500. The fourth-order valence-corrected chi connectivity index (χ4v) is 1.84. The van der Waals surface area contributed by atoms with E-state index in [-0.39, 0.29) is 0 Å². The van der Waals surface area contributed by atoms with Gasteiger partial charge >= 0.3 is 0 Å². The van der Waals surface area contributed by atoms with E-state index in [4.69, 9.17) is 4.52 Å². The molecule has 0 aliphatic heterocycles. The van der Waals surface area contributed by atoms with Crippen molar-refractivity contribution in [2.45, 2.75) is 40.2 Å². The van der Waals surface area contributed by atoms with Crippen LogP contribution < -0.4 is 0 Å². The SMILES string of the molecule is CCCc1nc(Cn2nc(C)c(C=O)c2C)no1. The first-order chi connectivity index (χ1) is 8.65. The quantitative estimate of drug-likeness (QED) is 0.753. The second-order valence-electron chi connectivity index (χ2n) is 4.21. The standard InChI is InChI=1S/C12H16N4O2/c1-4-5-12-13-11(15-18-12)6-16-9(3)10(7-17)8(2)14-16/h7H,4-6H2,1-3H3. The lowest BCUT2D eigenvalue weighted by molar-refractivity contribution is 0.112. The predicted molar refractivity (Wildman–Crippen MR) is 64.5 cm³/mol. The molecule has 0 radical (unpaired) electrons. The molecule has 0 aromatic carbocycles. The molecule has 6 heteroatoms. The van der Waals surface area contributed by atoms with Crippen LogP contribution in [-0.2, 0) is 13.0 Å². The van der Waals surface area contributed by atoms with Gasteiger partial charge in [-0.25, -0.2) is 0 Å². The summed E-state index contributed by atoms with van der Waals surface area (Å²) in [6, 6.07) is 0. The van der Waals surface area contributed by atoms with Gasteiger partial charge in [0, 0.05) is 12.1 Å². The summed E-state index contributed by atoms with van der Waals surface area (Å²) in [5.41, 5.74) is 2.18. The zero-order chi connectivity index (χ0) is 13.1. The smallest absolute Gasteiger partial charge is 0.226 e. The van der Waals surface area contributed by atoms with Gasteiger partial charge in [-0.1, -0.05) is 12.1 Å². The third kappa shape index (κ3) is 2.32. The maximum atomic E-state index is 10.9. The van der Waals surface area contributed by atoms with E-state index in [2.05, 4.69) is 22.2 Å². The van der Waals surface area contributed by atoms with Crippen molar-refractivity contribution in [3.8, 4) is 0 Å². The van der Waals surface area contributed by atoms with Crippen LogP contribution in [0.4, 0.5) is 0 Å². The number of carbonyl (C=O) groups excluding carboxylic acids is 1. The van der Waals surface area contributed by atoms with Gasteiger partial charge in [0.05, 0.1) is 11.3 Å². The van der Waals surface area contributed by atoms with Gasteiger partial charge in [-0.2, -0.15) is 10.1 Å². The van der Waals surface area contributed by atoms with Crippen molar-refractivity contribution >= 4 is 6.29 Å². The molecule has 18 heavy (non-hydrogen) atoms. The van der Waals surface area contributed by atoms with Gasteiger partial charge in [0.25, 0.3) is 0 Å². The maximum absolute atomic E-state index is 10.9. The minimum absolute atomic E-state index is 0.424. The first-order valence-corrected chi connectivity index (χ1v) is 5.96. The van der Waals surface area contributed by atoms with Crippen molar-refractivity contribution in [3.63, 3.8) is 0 Å². The Morgan fingerprint density at radius 1 is 1.39 bits per heavy atom. The van der Waals surface area contributed by atoms with Gasteiger partial charge in [-0.15, -0.1) is 0 Å². The normalized spacial score (nSPS) is 10.8. The number of hydrogen-bond donors (Lipinski definition) is 0. The Kier molecular flexibility index (Phi) is 3.55. The van der Waals surface area contributed by atoms with E-state index in [0.717, 1.165) is 30.5 Å². The number of rotatable bonds is 5. The first-order valence-electron chi connectivity index (χ1n) is 5.96. The van der Waals surface area contributed by atoms with Gasteiger partial charge < -0.3 is 4.52 Å². The van der Waals surface area contributed by atoms with Crippen LogP contribution in [-0.4, -0.2) is 26.2 Å². The molecule has 2 rings (SSSR count). The molecule has 2 aromatic heterocycles. The van der Waals surface area contributed by atoms with E-state index in [1.165, 1.54) is 0 Å². The molecule has 0 saturated heterocycles. The average molecular weight is 248 g/mol. The van der Waals surface area contributed by atoms with Crippen LogP contribution in [0.1, 0.15) is 46.8 Å². The van der Waals surface area contributed by atoms with E-state index in [1.807, 2.05) is 13.8 Å². The summed E-state index contributed by atoms with van der Waals surface area (Å²) in [5, 5.41) is 8.20. The molecule has 0 aliphatic rings. The molecule has 96 valence electrons. The summed E-state index contributed by atoms with van der Waals surface area (Å²) in [7, 11) is 0. The Labute approximate surface area is 105 Å². The Morgan fingerprint density at radius 3 is 2.78 bits per heavy atom. The molecule has 0 atom stereocenters. The third-order valence-electron chi connectivity index (χ3n) is 2.82. The maximum Gasteiger partial charge on any atom is 0.226 e. The monoisotopic (exact) mass is 248 g/mol. The van der Waals surface area contributed by atoms with E-state index in [9.17, 15) is 4.79 Å². The van der Waals surface area contributed by atoms with Crippen LogP contribution in [0.15, 0.2) is 4.52 Å². The molecule has 2 aromatic rings. The molecule has 0 bridgehead atoms. The largest absolute Gasteiger partial charge is 0.339 e. The van der Waals surface area contributed by atoms with E-state index < -0.39 is 0 Å². The molecule has 0 spiro atoms. The van der Waals surface area contributed by atoms with E-state index >= 15 is 0 Å². The number of aryl methyl sites for hydroxylation is 2. The van der Waals surface area contributed by atoms with Crippen molar-refractivity contribution in [1.29, 1.82) is 0 Å². The van der Waals surface area contributed by atoms with E-state index in [0.29, 0.717) is 23.8 Å². The van der Waals surface area contributed by atoms with Crippen molar-refractivity contribution < 1.29 is 9.32 Å². The summed E-state index contributed by atoms with van der Waals surface area (Å²) in [6.07, 6.45) is 2.58. The summed E-state index contributed by atoms with van der Waals surface area (Å²) in [4.78, 5) is 15.2. The van der Waals surface area contributed by atoms with Crippen molar-refractivity contribution in [2.24, 2.45) is 0 Å². The predicted octanol–water partition coefficient (Wildman–Crippen LogP) is 1.70. The Morgan fingerprint density at radius 2 is 2.17 bits per heavy atom. The lowest BCUT2D eigenvalue weighted by atomic mass is 10.2. The van der Waals surface area contributed by atoms with Gasteiger partial charge in [-0.3, -0.25) is 9.48 Å². The Bertz CT molecular complexity index is 556. The summed E-state index contributed by atoms with van der Waals surface area (Å²) in [6.45, 7) is 6.15. The molecule has 0 saturated carbocycles. The second-order valence-corrected chi connectivity index (χ2v) is 4.21. The third-order valence-corrected chi connectivity index (χ3v) is 2.82. The highest BCUT2D eigenvalue weighted by molar-refractivity contribution is 5.78. The highest BCUT2D eigenvalue weighted by Crippen LogP contribution is 2.11. The molecule has 0 N–H and O–H groups in total. The lowest BCUT2D eigenvalue weighted by Crippen LogP contribution is -2.06. The molecule has 6 nitrogen and oxygen atoms in total. The van der Waals surface area contributed by atoms with Gasteiger partial charge in [0.15, 0.2) is 12.1 Å². The van der Waals surface area contributed by atoms with Crippen LogP contribution >= 0.6 is 0 Å². The van der Waals surface area contributed by atoms with Crippen LogP contribution in [0.2, 0.25) is 0 Å². The summed E-state index contributed by atoms with van der Waals surface area (Å²) in [5.74, 6) is 1.23. The zero-order valence-corrected chi connectivity index (χ0v) is 10.8. The Balaban J connectivity index is 2.20. The fourth-order valence-electron chi connectivity index (χ4n) is 1.84. The number of aromatic nitrogens is 4. The van der Waals surface area contributed by atoms with Crippen LogP contribution in [0.5, 0.6) is 0 Å². The average Bonchev–Trinajstić information content (AvgIpc) is 2.87. The molecular formula is C12H16N4O2. The van der Waals surface area contributed by atoms with E-state index in [1.54, 1.807) is 4.68 Å². The zero-order valence-electron chi connectivity index (χ0n) is 10.8. The minimum atomic E-state index is 0.424. The number of carbonyl (C=O) groups is 1. The second kappa shape index (κ2) is 5.12. The van der Waals surface area contributed by atoms with Gasteiger partial charge in [0.1, 0.15) is 6.54 Å². The van der Waals surface area contributed by atoms with Crippen molar-refractivity contribution in [2.75, 3.05) is 0 Å². The number of hydrogen-bond acceptors (Lipinski definition) is 5. The van der Waals surface area contributed by atoms with Gasteiger partial charge in [0.2, 0.25) is 5.89 Å². The molecule has 0 fully saturated rings. The van der Waals surface area contributed by atoms with Crippen LogP contribution in [0.25, 0.3) is 0 Å². The number of nitrogens with zero attached hydrogens (tertiary/aromatic N) is 4. The summed E-state index contributed by atoms with van der Waals surface area (Å²) < 4.78 is 6.83. The molecule has 0 unspecified atom stereocenters. The number of aldehydes is 1. The highest BCUT2D eigenvalue weighted by Gasteiger charge is 2.13. The topological polar surface area (TPSA) is 73.8 Å². The molecule has 0 aliphatic carbocycles. The lowest BCUT2D eigenvalue weighted by Gasteiger charge is -1.99. The van der Waals surface area contributed by atoms with Crippen molar-refractivity contribution in [1.82, 2.24) is 19.9 Å². The summed E-state index contributed by atoms with van der Waals surface area (Å²) >= 11 is 0. The van der Waals surface area contributed by atoms with Crippen LogP contribution in [0.3, 0.4) is 0 Å². The minimum Gasteiger partial charge on any atom is -0.339 e. The molecule has 2 heterocycles.